The predicted molar refractivity (Wildman–Crippen MR) is 152 cm³/mol. The minimum atomic E-state index is -1.03. The van der Waals surface area contributed by atoms with Gasteiger partial charge in [0.05, 0.1) is 22.9 Å². The molecule has 4 aromatic carbocycles. The van der Waals surface area contributed by atoms with E-state index in [0.29, 0.717) is 11.3 Å². The van der Waals surface area contributed by atoms with Crippen molar-refractivity contribution in [3.05, 3.63) is 135 Å². The number of amides is 3. The molecular formula is C32H22BrN3O3. The van der Waals surface area contributed by atoms with Gasteiger partial charge in [0, 0.05) is 22.2 Å². The van der Waals surface area contributed by atoms with Crippen LogP contribution in [0.4, 0.5) is 5.69 Å². The van der Waals surface area contributed by atoms with Crippen LogP contribution in [0.3, 0.4) is 0 Å². The van der Waals surface area contributed by atoms with Gasteiger partial charge in [-0.05, 0) is 58.7 Å². The van der Waals surface area contributed by atoms with Gasteiger partial charge in [-0.25, -0.2) is 10.3 Å². The van der Waals surface area contributed by atoms with E-state index in [0.717, 1.165) is 26.7 Å². The fraction of sp³-hybridized carbons (Fsp3) is 0.125. The van der Waals surface area contributed by atoms with Gasteiger partial charge in [-0.3, -0.25) is 14.4 Å². The van der Waals surface area contributed by atoms with Gasteiger partial charge in [0.25, 0.3) is 5.91 Å². The van der Waals surface area contributed by atoms with Gasteiger partial charge in [-0.15, -0.1) is 0 Å². The zero-order chi connectivity index (χ0) is 26.7. The second-order valence-corrected chi connectivity index (χ2v) is 11.0. The summed E-state index contributed by atoms with van der Waals surface area (Å²) in [6.45, 7) is 0. The molecule has 0 radical (unpaired) electrons. The Kier molecular flexibility index (Phi) is 5.39. The monoisotopic (exact) mass is 575 g/mol. The lowest BCUT2D eigenvalue weighted by molar-refractivity contribution is -0.122. The zero-order valence-electron chi connectivity index (χ0n) is 20.6. The molecule has 4 aliphatic rings. The van der Waals surface area contributed by atoms with Crippen LogP contribution in [0.1, 0.15) is 38.5 Å². The van der Waals surface area contributed by atoms with E-state index < -0.39 is 17.3 Å². The van der Waals surface area contributed by atoms with Crippen LogP contribution in [-0.4, -0.2) is 23.9 Å². The number of halogens is 1. The number of hydrazone groups is 1. The summed E-state index contributed by atoms with van der Waals surface area (Å²) < 4.78 is 0.868. The Morgan fingerprint density at radius 3 is 2.03 bits per heavy atom. The number of carbonyl (C=O) groups is 3. The quantitative estimate of drug-likeness (QED) is 0.200. The van der Waals surface area contributed by atoms with E-state index in [1.807, 2.05) is 66.7 Å². The molecule has 6 nitrogen and oxygen atoms in total. The first-order valence-electron chi connectivity index (χ1n) is 12.7. The number of anilines is 1. The number of nitrogens with one attached hydrogen (secondary N) is 1. The van der Waals surface area contributed by atoms with Crippen LogP contribution in [-0.2, 0) is 15.0 Å². The highest BCUT2D eigenvalue weighted by Gasteiger charge is 2.68. The summed E-state index contributed by atoms with van der Waals surface area (Å²) in [4.78, 5) is 42.6. The summed E-state index contributed by atoms with van der Waals surface area (Å²) >= 11 is 3.38. The molecule has 39 heavy (non-hydrogen) atoms. The lowest BCUT2D eigenvalue weighted by atomic mass is 9.47. The second kappa shape index (κ2) is 8.85. The first kappa shape index (κ1) is 23.7. The number of carbonyl (C=O) groups excluding carboxylic acids is 3. The smallest absolute Gasteiger partial charge is 0.271 e. The number of para-hydroxylation sites is 1. The van der Waals surface area contributed by atoms with Crippen molar-refractivity contribution in [3.63, 3.8) is 0 Å². The van der Waals surface area contributed by atoms with Crippen molar-refractivity contribution in [3.8, 4) is 0 Å². The Morgan fingerprint density at radius 2 is 1.38 bits per heavy atom. The van der Waals surface area contributed by atoms with Gasteiger partial charge < -0.3 is 0 Å². The van der Waals surface area contributed by atoms with E-state index in [9.17, 15) is 14.4 Å². The lowest BCUT2D eigenvalue weighted by Gasteiger charge is -2.52. The highest BCUT2D eigenvalue weighted by atomic mass is 79.9. The summed E-state index contributed by atoms with van der Waals surface area (Å²) in [7, 11) is 0. The molecule has 2 atom stereocenters. The molecule has 1 heterocycles. The fourth-order valence-corrected chi connectivity index (χ4v) is 7.00. The maximum absolute atomic E-state index is 14.3. The summed E-state index contributed by atoms with van der Waals surface area (Å²) in [6, 6.07) is 32.0. The van der Waals surface area contributed by atoms with Crippen LogP contribution in [0.25, 0.3) is 0 Å². The third kappa shape index (κ3) is 3.32. The van der Waals surface area contributed by atoms with Crippen LogP contribution in [0.5, 0.6) is 0 Å². The number of nitrogens with zero attached hydrogens (tertiary/aromatic N) is 2. The minimum Gasteiger partial charge on any atom is -0.274 e. The number of rotatable bonds is 4. The average Bonchev–Trinajstić information content (AvgIpc) is 3.24. The van der Waals surface area contributed by atoms with Crippen LogP contribution in [0.15, 0.2) is 113 Å². The van der Waals surface area contributed by atoms with Crippen molar-refractivity contribution >= 4 is 45.6 Å². The highest BCUT2D eigenvalue weighted by Crippen LogP contribution is 2.63. The first-order valence-corrected chi connectivity index (χ1v) is 13.5. The van der Waals surface area contributed by atoms with E-state index in [-0.39, 0.29) is 23.6 Å². The maximum Gasteiger partial charge on any atom is 0.271 e. The summed E-state index contributed by atoms with van der Waals surface area (Å²) in [5, 5.41) is 4.46. The molecule has 2 bridgehead atoms. The molecule has 0 aromatic heterocycles. The van der Waals surface area contributed by atoms with Crippen molar-refractivity contribution in [2.45, 2.75) is 11.3 Å². The van der Waals surface area contributed by atoms with Gasteiger partial charge in [0.15, 0.2) is 0 Å². The molecule has 1 aliphatic heterocycles. The number of benzene rings is 4. The molecule has 0 unspecified atom stereocenters. The van der Waals surface area contributed by atoms with Gasteiger partial charge in [-0.2, -0.15) is 5.10 Å². The molecule has 4 aromatic rings. The molecule has 190 valence electrons. The predicted octanol–water partition coefficient (Wildman–Crippen LogP) is 5.42. The van der Waals surface area contributed by atoms with Crippen LogP contribution in [0.2, 0.25) is 0 Å². The van der Waals surface area contributed by atoms with Crippen molar-refractivity contribution in [2.75, 3.05) is 4.90 Å². The Morgan fingerprint density at radius 1 is 0.795 bits per heavy atom. The minimum absolute atomic E-state index is 0.207. The topological polar surface area (TPSA) is 78.8 Å². The Labute approximate surface area is 233 Å². The first-order chi connectivity index (χ1) is 19.0. The van der Waals surface area contributed by atoms with Gasteiger partial charge in [-0.1, -0.05) is 82.7 Å². The van der Waals surface area contributed by atoms with Crippen LogP contribution < -0.4 is 10.3 Å². The molecule has 8 rings (SSSR count). The summed E-state index contributed by atoms with van der Waals surface area (Å²) in [6.07, 6.45) is 1.67. The summed E-state index contributed by atoms with van der Waals surface area (Å²) in [5.74, 6) is -2.36. The van der Waals surface area contributed by atoms with E-state index in [1.54, 1.807) is 42.6 Å². The largest absolute Gasteiger partial charge is 0.274 e. The fourth-order valence-electron chi connectivity index (χ4n) is 6.74. The average molecular weight is 576 g/mol. The SMILES string of the molecule is O=C(N/N=C\C12c3ccccc3C(c3ccccc31)[C@@H]1C(=O)N(c3ccccc3)C(=O)[C@@H]12)c1ccc(Br)cc1. The van der Waals surface area contributed by atoms with Gasteiger partial charge in [0.2, 0.25) is 11.8 Å². The molecule has 0 spiro atoms. The van der Waals surface area contributed by atoms with Gasteiger partial charge in [0.1, 0.15) is 0 Å². The standard InChI is InChI=1S/C32H22BrN3O3/c33-20-16-14-19(15-17-20)29(37)35-34-18-32-24-12-6-4-10-22(24)26(23-11-5-7-13-25(23)32)27-28(32)31(39)36(30(27)38)21-8-2-1-3-9-21/h1-18,26-28H,(H,35,37)/b34-18-/t26?,27-,28+,32?/m0/s1. The van der Waals surface area contributed by atoms with Crippen molar-refractivity contribution in [1.82, 2.24) is 5.43 Å². The molecule has 1 fully saturated rings. The third-order valence-electron chi connectivity index (χ3n) is 8.24. The number of hydrogen-bond donors (Lipinski definition) is 1. The van der Waals surface area contributed by atoms with Gasteiger partial charge >= 0.3 is 0 Å². The Balaban J connectivity index is 1.40. The lowest BCUT2D eigenvalue weighted by Crippen LogP contribution is -2.54. The zero-order valence-corrected chi connectivity index (χ0v) is 22.2. The molecule has 1 saturated heterocycles. The number of hydrogen-bond acceptors (Lipinski definition) is 4. The van der Waals surface area contributed by atoms with Crippen molar-refractivity contribution in [1.29, 1.82) is 0 Å². The molecule has 1 N–H and O–H groups in total. The van der Waals surface area contributed by atoms with E-state index in [1.165, 1.54) is 4.90 Å². The van der Waals surface area contributed by atoms with Crippen molar-refractivity contribution < 1.29 is 14.4 Å². The van der Waals surface area contributed by atoms with E-state index in [4.69, 9.17) is 0 Å². The number of imide groups is 1. The molecule has 3 amide bonds. The van der Waals surface area contributed by atoms with Crippen LogP contribution in [0, 0.1) is 11.8 Å². The molecule has 0 saturated carbocycles. The van der Waals surface area contributed by atoms with E-state index >= 15 is 0 Å². The second-order valence-electron chi connectivity index (χ2n) is 10.1. The highest BCUT2D eigenvalue weighted by molar-refractivity contribution is 9.10. The maximum atomic E-state index is 14.3. The Hall–Kier alpha value is -4.36. The molecular weight excluding hydrogens is 554 g/mol. The van der Waals surface area contributed by atoms with Crippen molar-refractivity contribution in [2.24, 2.45) is 16.9 Å². The third-order valence-corrected chi connectivity index (χ3v) is 8.77. The van der Waals surface area contributed by atoms with Crippen LogP contribution >= 0.6 is 15.9 Å². The molecule has 3 aliphatic carbocycles. The summed E-state index contributed by atoms with van der Waals surface area (Å²) in [5.41, 5.74) is 6.55. The molecule has 7 heteroatoms. The Bertz CT molecular complexity index is 1640. The normalized spacial score (nSPS) is 24.4. The van der Waals surface area contributed by atoms with E-state index in [2.05, 4.69) is 26.5 Å².